The number of nitrogens with zero attached hydrogens (tertiary/aromatic N) is 1. The van der Waals surface area contributed by atoms with Crippen molar-refractivity contribution in [2.24, 2.45) is 5.92 Å². The average Bonchev–Trinajstić information content (AvgIpc) is 2.83. The van der Waals surface area contributed by atoms with Crippen LogP contribution in [0.15, 0.2) is 79.9 Å². The molecule has 6 nitrogen and oxygen atoms in total. The highest BCUT2D eigenvalue weighted by Crippen LogP contribution is 2.20. The Morgan fingerprint density at radius 2 is 1.82 bits per heavy atom. The van der Waals surface area contributed by atoms with E-state index in [1.54, 1.807) is 19.1 Å². The molecule has 0 radical (unpaired) electrons. The minimum absolute atomic E-state index is 0.159. The normalized spacial score (nSPS) is 13.0. The Balaban J connectivity index is 2.06. The van der Waals surface area contributed by atoms with Gasteiger partial charge in [-0.25, -0.2) is 4.79 Å². The van der Waals surface area contributed by atoms with Crippen LogP contribution in [0.2, 0.25) is 0 Å². The molecule has 0 fully saturated rings. The number of amides is 2. The number of carbonyl (C=O) groups is 2. The Morgan fingerprint density at radius 3 is 2.48 bits per heavy atom. The van der Waals surface area contributed by atoms with E-state index in [-0.39, 0.29) is 36.9 Å². The molecule has 0 saturated heterocycles. The minimum atomic E-state index is -0.510. The van der Waals surface area contributed by atoms with Crippen LogP contribution in [-0.2, 0) is 22.6 Å². The molecule has 0 unspecified atom stereocenters. The number of benzene rings is 2. The van der Waals surface area contributed by atoms with Crippen LogP contribution < -0.4 is 10.6 Å². The number of nitrogens with one attached hydrogen (secondary N) is 2. The number of ether oxygens (including phenoxy) is 1. The molecule has 0 bridgehead atoms. The molecule has 0 aliphatic rings. The van der Waals surface area contributed by atoms with Crippen molar-refractivity contribution in [2.75, 3.05) is 0 Å². The highest BCUT2D eigenvalue weighted by molar-refractivity contribution is 5.80. The molecule has 33 heavy (non-hydrogen) atoms. The summed E-state index contributed by atoms with van der Waals surface area (Å²) in [6.07, 6.45) is 4.02. The first kappa shape index (κ1) is 25.4. The highest BCUT2D eigenvalue weighted by atomic mass is 16.5. The Labute approximate surface area is 196 Å². The van der Waals surface area contributed by atoms with Gasteiger partial charge in [0.2, 0.25) is 5.91 Å². The van der Waals surface area contributed by atoms with Gasteiger partial charge in [0.1, 0.15) is 6.61 Å². The Kier molecular flexibility index (Phi) is 10.4. The molecular weight excluding hydrogens is 414 g/mol. The third kappa shape index (κ3) is 8.66. The molecule has 0 spiro atoms. The largest absolute Gasteiger partial charge is 0.445 e. The molecular formula is C27H31N3O3. The summed E-state index contributed by atoms with van der Waals surface area (Å²) < 4.78 is 5.35. The third-order valence-electron chi connectivity index (χ3n) is 5.19. The lowest BCUT2D eigenvalue weighted by Gasteiger charge is -2.20. The van der Waals surface area contributed by atoms with E-state index in [2.05, 4.69) is 29.9 Å². The van der Waals surface area contributed by atoms with Crippen molar-refractivity contribution in [1.82, 2.24) is 10.6 Å². The van der Waals surface area contributed by atoms with E-state index >= 15 is 0 Å². The highest BCUT2D eigenvalue weighted by Gasteiger charge is 2.18. The van der Waals surface area contributed by atoms with Crippen LogP contribution >= 0.6 is 0 Å². The topological polar surface area (TPSA) is 91.2 Å². The van der Waals surface area contributed by atoms with E-state index in [0.29, 0.717) is 12.8 Å². The van der Waals surface area contributed by atoms with Crippen molar-refractivity contribution in [1.29, 1.82) is 5.26 Å². The fourth-order valence-corrected chi connectivity index (χ4v) is 3.30. The summed E-state index contributed by atoms with van der Waals surface area (Å²) in [6.45, 7) is 9.38. The summed E-state index contributed by atoms with van der Waals surface area (Å²) in [5.74, 6) is -0.491. The molecule has 2 aromatic carbocycles. The van der Waals surface area contributed by atoms with Crippen molar-refractivity contribution >= 4 is 12.0 Å². The van der Waals surface area contributed by atoms with Crippen LogP contribution in [0.25, 0.3) is 0 Å². The smallest absolute Gasteiger partial charge is 0.407 e. The van der Waals surface area contributed by atoms with E-state index in [1.165, 1.54) is 0 Å². The van der Waals surface area contributed by atoms with Crippen LogP contribution in [-0.4, -0.2) is 18.0 Å². The molecule has 2 aromatic rings. The zero-order chi connectivity index (χ0) is 24.1. The molecule has 172 valence electrons. The van der Waals surface area contributed by atoms with E-state index < -0.39 is 6.09 Å². The average molecular weight is 446 g/mol. The van der Waals surface area contributed by atoms with Gasteiger partial charge in [0.15, 0.2) is 0 Å². The summed E-state index contributed by atoms with van der Waals surface area (Å²) in [5.41, 5.74) is 2.75. The van der Waals surface area contributed by atoms with Gasteiger partial charge in [-0.3, -0.25) is 4.79 Å². The molecule has 0 aliphatic carbocycles. The second-order valence-electron chi connectivity index (χ2n) is 7.82. The molecule has 0 aromatic heterocycles. The maximum absolute atomic E-state index is 12.4. The van der Waals surface area contributed by atoms with E-state index in [4.69, 9.17) is 4.74 Å². The number of alkyl carbamates (subject to hydrolysis) is 1. The summed E-state index contributed by atoms with van der Waals surface area (Å²) in [4.78, 5) is 24.6. The van der Waals surface area contributed by atoms with E-state index in [1.807, 2.05) is 54.6 Å². The molecule has 2 N–H and O–H groups in total. The van der Waals surface area contributed by atoms with E-state index in [9.17, 15) is 14.9 Å². The van der Waals surface area contributed by atoms with Crippen molar-refractivity contribution in [3.63, 3.8) is 0 Å². The van der Waals surface area contributed by atoms with Gasteiger partial charge in [-0.15, -0.1) is 13.2 Å². The second kappa shape index (κ2) is 13.5. The molecule has 2 amide bonds. The fourth-order valence-electron chi connectivity index (χ4n) is 3.30. The first-order valence-electron chi connectivity index (χ1n) is 10.9. The maximum atomic E-state index is 12.4. The zero-order valence-electron chi connectivity index (χ0n) is 19.0. The Bertz CT molecular complexity index is 982. The second-order valence-corrected chi connectivity index (χ2v) is 7.82. The summed E-state index contributed by atoms with van der Waals surface area (Å²) in [7, 11) is 0. The van der Waals surface area contributed by atoms with Gasteiger partial charge in [0.25, 0.3) is 0 Å². The van der Waals surface area contributed by atoms with Crippen LogP contribution in [0.4, 0.5) is 4.79 Å². The Morgan fingerprint density at radius 1 is 1.09 bits per heavy atom. The van der Waals surface area contributed by atoms with Crippen LogP contribution in [0.5, 0.6) is 0 Å². The van der Waals surface area contributed by atoms with Gasteiger partial charge >= 0.3 is 6.09 Å². The number of rotatable bonds is 12. The van der Waals surface area contributed by atoms with Crippen molar-refractivity contribution in [2.45, 2.75) is 44.9 Å². The number of hydrogen-bond donors (Lipinski definition) is 2. The molecule has 0 saturated carbocycles. The maximum Gasteiger partial charge on any atom is 0.407 e. The van der Waals surface area contributed by atoms with E-state index in [0.717, 1.165) is 16.7 Å². The lowest BCUT2D eigenvalue weighted by atomic mass is 9.97. The standard InChI is InChI=1S/C27H31N3O3/c1-4-10-25(30-27(32)33-19-21-11-7-6-8-12-21)23-14-9-13-22(17-23)18-24(15-16-28)29-26(31)20(3)5-2/h4-9,11-14,17,20,24-25H,1-2,10,15,18-19H2,3H3,(H,29,31)(H,30,32)/t20-,24+,25+/m1/s1. The van der Waals surface area contributed by atoms with Crippen LogP contribution in [0.1, 0.15) is 42.5 Å². The van der Waals surface area contributed by atoms with Crippen molar-refractivity contribution in [3.05, 3.63) is 96.6 Å². The molecule has 0 aliphatic heterocycles. The summed E-state index contributed by atoms with van der Waals surface area (Å²) >= 11 is 0. The van der Waals surface area contributed by atoms with Gasteiger partial charge in [-0.2, -0.15) is 5.26 Å². The number of nitriles is 1. The fraction of sp³-hybridized carbons (Fsp3) is 0.296. The SMILES string of the molecule is C=CC[C@H](NC(=O)OCc1ccccc1)c1cccc(C[C@H](CC#N)NC(=O)[C@H](C)C=C)c1. The first-order valence-corrected chi connectivity index (χ1v) is 10.9. The van der Waals surface area contributed by atoms with Gasteiger partial charge < -0.3 is 15.4 Å². The van der Waals surface area contributed by atoms with Crippen molar-refractivity contribution < 1.29 is 14.3 Å². The van der Waals surface area contributed by atoms with Crippen molar-refractivity contribution in [3.8, 4) is 6.07 Å². The lowest BCUT2D eigenvalue weighted by Crippen LogP contribution is -2.38. The monoisotopic (exact) mass is 445 g/mol. The van der Waals surface area contributed by atoms with Gasteiger partial charge in [-0.05, 0) is 29.5 Å². The zero-order valence-corrected chi connectivity index (χ0v) is 19.0. The Hall–Kier alpha value is -3.85. The molecule has 2 rings (SSSR count). The summed E-state index contributed by atoms with van der Waals surface area (Å²) in [6, 6.07) is 18.7. The van der Waals surface area contributed by atoms with Gasteiger partial charge in [0, 0.05) is 6.04 Å². The lowest BCUT2D eigenvalue weighted by molar-refractivity contribution is -0.123. The van der Waals surface area contributed by atoms with Crippen LogP contribution in [0.3, 0.4) is 0 Å². The first-order chi connectivity index (χ1) is 16.0. The number of hydrogen-bond acceptors (Lipinski definition) is 4. The molecule has 3 atom stereocenters. The van der Waals surface area contributed by atoms with Crippen LogP contribution in [0, 0.1) is 17.2 Å². The third-order valence-corrected chi connectivity index (χ3v) is 5.19. The molecule has 0 heterocycles. The summed E-state index contributed by atoms with van der Waals surface area (Å²) in [5, 5.41) is 15.0. The number of carbonyl (C=O) groups excluding carboxylic acids is 2. The minimum Gasteiger partial charge on any atom is -0.445 e. The predicted octanol–water partition coefficient (Wildman–Crippen LogP) is 4.99. The quantitative estimate of drug-likeness (QED) is 0.450. The predicted molar refractivity (Wildman–Crippen MR) is 129 cm³/mol. The molecule has 6 heteroatoms. The van der Waals surface area contributed by atoms with Gasteiger partial charge in [0.05, 0.1) is 24.4 Å². The van der Waals surface area contributed by atoms with Gasteiger partial charge in [-0.1, -0.05) is 73.7 Å².